The highest BCUT2D eigenvalue weighted by molar-refractivity contribution is 7.79. The number of H-pyrrole nitrogens is 1. The van der Waals surface area contributed by atoms with Crippen molar-refractivity contribution in [3.63, 3.8) is 0 Å². The fraction of sp³-hybridized carbons (Fsp3) is 0.440. The maximum Gasteiger partial charge on any atom is 0.332 e. The molecule has 0 radical (unpaired) electrons. The molecule has 5 saturated heterocycles. The van der Waals surface area contributed by atoms with Crippen LogP contribution < -0.4 is 65.9 Å². The van der Waals surface area contributed by atoms with Crippen LogP contribution in [0, 0.1) is 6.92 Å². The number of fused-ring (bicyclic) bond motifs is 5. The normalized spacial score (nSPS) is 16.4. The molecule has 0 atom stereocenters. The van der Waals surface area contributed by atoms with Gasteiger partial charge in [-0.15, -0.1) is 0 Å². The van der Waals surface area contributed by atoms with Gasteiger partial charge in [-0.1, -0.05) is 103 Å². The molecule has 5 fully saturated rings. The number of aryl methyl sites for hydroxylation is 2. The number of imidazole rings is 1. The lowest BCUT2D eigenvalue weighted by Gasteiger charge is -2.36. The van der Waals surface area contributed by atoms with Crippen molar-refractivity contribution >= 4 is 82.6 Å². The fourth-order valence-electron chi connectivity index (χ4n) is 19.1. The fourth-order valence-corrected chi connectivity index (χ4v) is 19.3. The Kier molecular flexibility index (Phi) is 32.3. The summed E-state index contributed by atoms with van der Waals surface area (Å²) in [5.41, 5.74) is 12.3. The maximum absolute atomic E-state index is 12.4. The highest BCUT2D eigenvalue weighted by Gasteiger charge is 2.35. The summed E-state index contributed by atoms with van der Waals surface area (Å²) in [5, 5.41) is 27.9. The molecule has 42 heteroatoms. The number of hydrogen-bond donors (Lipinski definition) is 5. The standard InChI is InChI=1S/C21H27N5O4.C20H25N5O3.C20H25N5O2S.C20H25N5O2.C18H22N6O3.CH2O/c1-23-16-11-18(22-19(16)20(28)24(2)21(23)29)26-8-6-25(7-9-26)12-14-4-5-15(13-27)17(10-14)30-3;1-22-16-11-17(21-18(16)19(27)23(2)20(22)28)25-9-7-24(8-10-25)12-14-3-5-15(13-26)6-4-14;1-22-16-11-17(21-18(16)19(26)23(2)20(22)27)25-9-7-24(8-10-25)12-14-3-5-15(13-28)6-4-14;1-14-4-6-15(7-5-14)13-24-8-10-25(11-9-24)17-12-16-18(21-17)19(26)23(3)20(27)22(16)2;1-21-15-14(16(26)22(2)18(21)27)19-17(20-15)24-9-7-23(8-10-24)11-12-3-5-13(25)6-4-12;1-2/h4-5,10,27H,6-9,11-13H2,1-3H3;3-6,26H,7-13H2,1-2H3;3-6,28H,7-13H2,1-2H3;4-7H,8-13H2,1-3H3;3-6,25H,7-11H2,1-2H3,(H,19,20);1H2. The third-order valence-electron chi connectivity index (χ3n) is 28.0. The minimum atomic E-state index is -0.385. The van der Waals surface area contributed by atoms with Gasteiger partial charge in [-0.05, 0) is 64.1 Å². The van der Waals surface area contributed by atoms with Crippen LogP contribution in [0.2, 0.25) is 0 Å². The number of aromatic nitrogens is 12. The molecule has 11 aromatic rings. The number of amidine groups is 4. The average Bonchev–Trinajstić information content (AvgIpc) is 1.62. The van der Waals surface area contributed by atoms with Gasteiger partial charge in [0.2, 0.25) is 5.95 Å². The first-order chi connectivity index (χ1) is 68.2. The van der Waals surface area contributed by atoms with Crippen LogP contribution in [0.5, 0.6) is 11.5 Å². The Morgan fingerprint density at radius 2 is 0.613 bits per heavy atom. The largest absolute Gasteiger partial charge is 0.508 e. The number of thiol groups is 1. The molecular weight excluding hydrogens is 1840 g/mol. The SMILES string of the molecule is C=O.COc1cc(CN2CCN(C3=Nc4c(n(C)c(=O)n(C)c4=O)C3)CC2)ccc1CO.Cc1ccc(CN2CCN(C3=Nc4c(n(C)c(=O)n(C)c4=O)C3)CC2)cc1.Cn1c(=O)c2[nH]c(N3CCN(Cc4ccc(O)cc4)CC3)nc2n(C)c1=O.Cn1c2c(c(=O)n(C)c1=O)N=C(N1CCN(Cc3ccc(CO)cc3)CC1)C2.Cn1c2c(c(=O)n(C)c1=O)N=C(N1CCN(Cc3ccc(CS)cc3)CC1)C2. The van der Waals surface area contributed by atoms with E-state index in [1.807, 2.05) is 49.3 Å². The molecule has 20 rings (SSSR count). The number of aliphatic imine (C=N–C) groups is 4. The molecular formula is C100H126N26O15S. The average molecular weight is 1960 g/mol. The highest BCUT2D eigenvalue weighted by Crippen LogP contribution is 2.31. The number of aromatic hydroxyl groups is 1. The van der Waals surface area contributed by atoms with E-state index < -0.39 is 0 Å². The van der Waals surface area contributed by atoms with Gasteiger partial charge in [-0.25, -0.2) is 43.9 Å². The van der Waals surface area contributed by atoms with Crippen LogP contribution in [0.4, 0.5) is 28.7 Å². The van der Waals surface area contributed by atoms with Gasteiger partial charge in [-0.3, -0.25) is 94.1 Å². The number of phenolic OH excluding ortho intramolecular Hbond substituents is 1. The van der Waals surface area contributed by atoms with Gasteiger partial charge in [0.1, 0.15) is 41.6 Å². The number of benzene rings is 5. The molecule has 9 aliphatic rings. The molecule has 41 nitrogen and oxygen atoms in total. The molecule has 0 spiro atoms. The summed E-state index contributed by atoms with van der Waals surface area (Å²) < 4.78 is 18.4. The van der Waals surface area contributed by atoms with Crippen molar-refractivity contribution in [3.05, 3.63) is 292 Å². The first-order valence-electron chi connectivity index (χ1n) is 47.5. The topological polar surface area (TPSA) is 418 Å². The number of nitrogens with one attached hydrogen (secondary N) is 1. The lowest BCUT2D eigenvalue weighted by Crippen LogP contribution is -2.48. The predicted molar refractivity (Wildman–Crippen MR) is 549 cm³/mol. The van der Waals surface area contributed by atoms with E-state index in [4.69, 9.17) is 14.6 Å². The molecule has 6 aromatic heterocycles. The van der Waals surface area contributed by atoms with E-state index in [0.29, 0.717) is 82.7 Å². The summed E-state index contributed by atoms with van der Waals surface area (Å²) in [7, 11) is 17.5. The second kappa shape index (κ2) is 44.9. The summed E-state index contributed by atoms with van der Waals surface area (Å²) in [4.78, 5) is 179. The van der Waals surface area contributed by atoms with Crippen molar-refractivity contribution in [1.82, 2.24) is 99.7 Å². The molecule has 9 aliphatic heterocycles. The number of ether oxygens (including phenoxy) is 1. The summed E-state index contributed by atoms with van der Waals surface area (Å²) in [5.74, 6) is 5.89. The number of piperazine rings is 5. The summed E-state index contributed by atoms with van der Waals surface area (Å²) in [6, 6.07) is 38.5. The number of anilines is 1. The van der Waals surface area contributed by atoms with Gasteiger partial charge < -0.3 is 54.3 Å². The van der Waals surface area contributed by atoms with Gasteiger partial charge in [0.25, 0.3) is 27.8 Å². The van der Waals surface area contributed by atoms with Crippen LogP contribution in [0.25, 0.3) is 11.2 Å². The second-order valence-electron chi connectivity index (χ2n) is 37.0. The van der Waals surface area contributed by atoms with E-state index >= 15 is 0 Å². The van der Waals surface area contributed by atoms with Crippen molar-refractivity contribution in [1.29, 1.82) is 0 Å². The number of aromatic amines is 1. The third-order valence-corrected chi connectivity index (χ3v) is 28.4. The molecule has 0 saturated carbocycles. The van der Waals surface area contributed by atoms with Crippen molar-refractivity contribution in [2.75, 3.05) is 143 Å². The molecule has 0 amide bonds. The second-order valence-corrected chi connectivity index (χ2v) is 37.3. The van der Waals surface area contributed by atoms with E-state index in [0.717, 1.165) is 249 Å². The van der Waals surface area contributed by atoms with E-state index in [1.165, 1.54) is 81.3 Å². The number of carbonyl (C=O) groups is 1. The number of carbonyl (C=O) groups excluding carboxylic acids is 1. The van der Waals surface area contributed by atoms with Crippen LogP contribution >= 0.6 is 12.6 Å². The number of hydrogen-bond acceptors (Lipinski definition) is 31. The number of aliphatic hydroxyl groups is 2. The van der Waals surface area contributed by atoms with E-state index in [-0.39, 0.29) is 75.2 Å². The molecule has 0 bridgehead atoms. The lowest BCUT2D eigenvalue weighted by atomic mass is 10.1. The summed E-state index contributed by atoms with van der Waals surface area (Å²) in [6.07, 6.45) is 2.13. The highest BCUT2D eigenvalue weighted by atomic mass is 32.1. The molecule has 0 unspecified atom stereocenters. The first kappa shape index (κ1) is 102. The Labute approximate surface area is 824 Å². The van der Waals surface area contributed by atoms with Crippen molar-refractivity contribution in [3.8, 4) is 11.5 Å². The monoisotopic (exact) mass is 1960 g/mol. The predicted octanol–water partition coefficient (Wildman–Crippen LogP) is 1.49. The molecule has 5 aromatic carbocycles. The zero-order valence-corrected chi connectivity index (χ0v) is 83.6. The van der Waals surface area contributed by atoms with Crippen LogP contribution in [-0.2, 0) is 153 Å². The number of methoxy groups -OCH3 is 1. The van der Waals surface area contributed by atoms with Gasteiger partial charge in [0.15, 0.2) is 33.9 Å². The Balaban J connectivity index is 0.000000133. The van der Waals surface area contributed by atoms with Crippen LogP contribution in [0.1, 0.15) is 72.8 Å². The van der Waals surface area contributed by atoms with Gasteiger partial charge >= 0.3 is 28.4 Å². The number of aliphatic hydroxyl groups excluding tert-OH is 2. The molecule has 4 N–H and O–H groups in total. The third kappa shape index (κ3) is 22.3. The van der Waals surface area contributed by atoms with Gasteiger partial charge in [-0.2, -0.15) is 17.6 Å². The molecule has 752 valence electrons. The quantitative estimate of drug-likeness (QED) is 0.0908. The van der Waals surface area contributed by atoms with Crippen LogP contribution in [0.3, 0.4) is 0 Å². The molecule has 0 aliphatic carbocycles. The van der Waals surface area contributed by atoms with Crippen molar-refractivity contribution in [2.24, 2.45) is 90.4 Å². The number of nitrogens with zero attached hydrogens (tertiary/aromatic N) is 25. The lowest BCUT2D eigenvalue weighted by molar-refractivity contribution is -0.0980. The van der Waals surface area contributed by atoms with Gasteiger partial charge in [0, 0.05) is 271 Å². The Hall–Kier alpha value is -14.0. The first-order valence-corrected chi connectivity index (χ1v) is 48.1. The summed E-state index contributed by atoms with van der Waals surface area (Å²) in [6.45, 7) is 26.0. The van der Waals surface area contributed by atoms with Crippen LogP contribution in [0.15, 0.2) is 183 Å². The zero-order chi connectivity index (χ0) is 101. The van der Waals surface area contributed by atoms with E-state index in [9.17, 15) is 58.2 Å². The number of rotatable bonds is 15. The van der Waals surface area contributed by atoms with Crippen LogP contribution in [-0.4, -0.2) is 283 Å². The Bertz CT molecular complexity index is 7120. The Morgan fingerprint density at radius 1 is 0.338 bits per heavy atom. The summed E-state index contributed by atoms with van der Waals surface area (Å²) >= 11 is 4.30. The van der Waals surface area contributed by atoms with Gasteiger partial charge in [0.05, 0.1) is 43.1 Å². The minimum Gasteiger partial charge on any atom is -0.508 e. The Morgan fingerprint density at radius 3 is 0.923 bits per heavy atom. The number of phenols is 1. The van der Waals surface area contributed by atoms with Crippen molar-refractivity contribution in [2.45, 2.75) is 84.3 Å². The minimum absolute atomic E-state index is 0.0403. The zero-order valence-electron chi connectivity index (χ0n) is 82.7. The smallest absolute Gasteiger partial charge is 0.332 e. The van der Waals surface area contributed by atoms with E-state index in [1.54, 1.807) is 59.0 Å². The van der Waals surface area contributed by atoms with E-state index in [2.05, 4.69) is 159 Å². The molecule has 142 heavy (non-hydrogen) atoms. The van der Waals surface area contributed by atoms with Crippen molar-refractivity contribution < 1.29 is 24.9 Å². The maximum atomic E-state index is 12.4. The molecule has 15 heterocycles.